The number of Topliss-reactive ketones (excluding diaryl/α,β-unsaturated/α-hetero) is 1. The lowest BCUT2D eigenvalue weighted by Gasteiger charge is -2.20. The molecule has 184 valence electrons. The van der Waals surface area contributed by atoms with E-state index < -0.39 is 23.8 Å². The van der Waals surface area contributed by atoms with Crippen LogP contribution in [0.3, 0.4) is 0 Å². The van der Waals surface area contributed by atoms with Crippen molar-refractivity contribution in [3.05, 3.63) is 99.8 Å². The molecule has 4 aromatic rings. The molecule has 7 nitrogen and oxygen atoms in total. The number of furan rings is 1. The van der Waals surface area contributed by atoms with Crippen LogP contribution in [0.4, 0.5) is 5.00 Å². The quantitative estimate of drug-likeness (QED) is 0.154. The molecule has 2 heterocycles. The van der Waals surface area contributed by atoms with Crippen LogP contribution in [0, 0.1) is 6.92 Å². The zero-order valence-electron chi connectivity index (χ0n) is 19.5. The van der Waals surface area contributed by atoms with E-state index in [1.165, 1.54) is 23.7 Å². The summed E-state index contributed by atoms with van der Waals surface area (Å²) in [5.74, 6) is -1.51. The Hall–Kier alpha value is -3.88. The number of carbonyl (C=O) groups is 3. The van der Waals surface area contributed by atoms with Crippen LogP contribution < -0.4 is 10.6 Å². The third-order valence-electron chi connectivity index (χ3n) is 5.32. The number of amides is 1. The number of esters is 1. The zero-order chi connectivity index (χ0) is 25.7. The van der Waals surface area contributed by atoms with Crippen molar-refractivity contribution in [1.82, 2.24) is 5.32 Å². The molecule has 0 aliphatic rings. The smallest absolute Gasteiger partial charge is 0.341 e. The summed E-state index contributed by atoms with van der Waals surface area (Å²) >= 11 is 7.21. The predicted octanol–water partition coefficient (Wildman–Crippen LogP) is 6.20. The molecule has 36 heavy (non-hydrogen) atoms. The van der Waals surface area contributed by atoms with Crippen molar-refractivity contribution in [2.45, 2.75) is 20.0 Å². The Morgan fingerprint density at radius 3 is 2.42 bits per heavy atom. The van der Waals surface area contributed by atoms with Crippen LogP contribution in [0.5, 0.6) is 0 Å². The Morgan fingerprint density at radius 2 is 1.78 bits per heavy atom. The molecule has 0 fully saturated rings. The first kappa shape index (κ1) is 25.2. The molecule has 0 aliphatic carbocycles. The Kier molecular flexibility index (Phi) is 7.87. The van der Waals surface area contributed by atoms with E-state index >= 15 is 0 Å². The Morgan fingerprint density at radius 1 is 1.06 bits per heavy atom. The van der Waals surface area contributed by atoms with Crippen LogP contribution in [0.25, 0.3) is 11.1 Å². The molecule has 9 heteroatoms. The minimum atomic E-state index is -1.21. The van der Waals surface area contributed by atoms with Gasteiger partial charge in [-0.3, -0.25) is 9.59 Å². The van der Waals surface area contributed by atoms with Crippen molar-refractivity contribution >= 4 is 45.6 Å². The molecular formula is C27H23ClN2O5S. The topological polar surface area (TPSA) is 97.6 Å². The fraction of sp³-hybridized carbons (Fsp3) is 0.148. The van der Waals surface area contributed by atoms with E-state index in [0.717, 1.165) is 11.1 Å². The molecule has 2 N–H and O–H groups in total. The predicted molar refractivity (Wildman–Crippen MR) is 140 cm³/mol. The van der Waals surface area contributed by atoms with Gasteiger partial charge < -0.3 is 19.8 Å². The monoisotopic (exact) mass is 522 g/mol. The molecular weight excluding hydrogens is 500 g/mol. The number of benzene rings is 2. The highest BCUT2D eigenvalue weighted by Crippen LogP contribution is 2.37. The van der Waals surface area contributed by atoms with E-state index in [1.54, 1.807) is 37.3 Å². The number of thiophene rings is 1. The number of ether oxygens (including phenoxy) is 1. The highest BCUT2D eigenvalue weighted by atomic mass is 35.5. The van der Waals surface area contributed by atoms with Crippen molar-refractivity contribution in [3.8, 4) is 11.1 Å². The lowest BCUT2D eigenvalue weighted by atomic mass is 10.0. The summed E-state index contributed by atoms with van der Waals surface area (Å²) in [7, 11) is 0. The maximum Gasteiger partial charge on any atom is 0.341 e. The second-order valence-electron chi connectivity index (χ2n) is 7.84. The summed E-state index contributed by atoms with van der Waals surface area (Å²) in [5.41, 5.74) is 3.18. The van der Waals surface area contributed by atoms with E-state index in [9.17, 15) is 14.4 Å². The molecule has 0 saturated heterocycles. The molecule has 2 aromatic heterocycles. The largest absolute Gasteiger partial charge is 0.462 e. The van der Waals surface area contributed by atoms with Gasteiger partial charge in [-0.15, -0.1) is 11.3 Å². The summed E-state index contributed by atoms with van der Waals surface area (Å²) in [6.07, 6.45) is 0.158. The van der Waals surface area contributed by atoms with Gasteiger partial charge in [-0.2, -0.15) is 0 Å². The lowest BCUT2D eigenvalue weighted by molar-refractivity contribution is 0.0528. The standard InChI is InChI=1S/C27H23ClN2O5S/c1-3-34-27(33)22-20(17-8-6-16(2)7-9-17)15-36-26(22)30-24(29-25(32)21-5-4-14-35-21)23(31)18-10-12-19(28)13-11-18/h4-15,24,30H,3H2,1-2H3,(H,29,32)/t24-/m0/s1. The van der Waals surface area contributed by atoms with E-state index in [0.29, 0.717) is 21.2 Å². The number of nitrogens with one attached hydrogen (secondary N) is 2. The van der Waals surface area contributed by atoms with Gasteiger partial charge in [0.15, 0.2) is 11.9 Å². The van der Waals surface area contributed by atoms with Gasteiger partial charge in [0, 0.05) is 21.5 Å². The molecule has 0 bridgehead atoms. The summed E-state index contributed by atoms with van der Waals surface area (Å²) in [6.45, 7) is 3.88. The minimum Gasteiger partial charge on any atom is -0.462 e. The Balaban J connectivity index is 1.72. The van der Waals surface area contributed by atoms with Crippen LogP contribution in [0.15, 0.2) is 76.7 Å². The van der Waals surface area contributed by atoms with Gasteiger partial charge in [0.1, 0.15) is 10.6 Å². The molecule has 4 rings (SSSR count). The molecule has 0 saturated carbocycles. The number of rotatable bonds is 9. The van der Waals surface area contributed by atoms with E-state index in [1.807, 2.05) is 36.6 Å². The van der Waals surface area contributed by atoms with Crippen LogP contribution >= 0.6 is 22.9 Å². The number of hydrogen-bond acceptors (Lipinski definition) is 7. The van der Waals surface area contributed by atoms with Gasteiger partial charge >= 0.3 is 5.97 Å². The maximum absolute atomic E-state index is 13.4. The summed E-state index contributed by atoms with van der Waals surface area (Å²) in [4.78, 5) is 39.2. The number of ketones is 1. The fourth-order valence-corrected chi connectivity index (χ4v) is 4.62. The van der Waals surface area contributed by atoms with Crippen LogP contribution in [-0.2, 0) is 4.74 Å². The maximum atomic E-state index is 13.4. The third-order valence-corrected chi connectivity index (χ3v) is 6.48. The summed E-state index contributed by atoms with van der Waals surface area (Å²) < 4.78 is 10.5. The van der Waals surface area contributed by atoms with Gasteiger partial charge in [0.05, 0.1) is 12.9 Å². The average Bonchev–Trinajstić information content (AvgIpc) is 3.55. The number of anilines is 1. The van der Waals surface area contributed by atoms with Crippen molar-refractivity contribution in [3.63, 3.8) is 0 Å². The average molecular weight is 523 g/mol. The van der Waals surface area contributed by atoms with Crippen molar-refractivity contribution in [2.24, 2.45) is 0 Å². The first-order valence-corrected chi connectivity index (χ1v) is 12.4. The number of halogens is 1. The summed E-state index contributed by atoms with van der Waals surface area (Å²) in [5, 5.41) is 8.39. The first-order valence-electron chi connectivity index (χ1n) is 11.1. The van der Waals surface area contributed by atoms with Gasteiger partial charge in [0.25, 0.3) is 5.91 Å². The highest BCUT2D eigenvalue weighted by molar-refractivity contribution is 7.15. The molecule has 0 unspecified atom stereocenters. The van der Waals surface area contributed by atoms with E-state index in [2.05, 4.69) is 10.6 Å². The molecule has 1 amide bonds. The van der Waals surface area contributed by atoms with E-state index in [-0.39, 0.29) is 17.9 Å². The van der Waals surface area contributed by atoms with Gasteiger partial charge in [-0.05, 0) is 55.8 Å². The molecule has 1 atom stereocenters. The molecule has 0 spiro atoms. The lowest BCUT2D eigenvalue weighted by Crippen LogP contribution is -2.46. The second kappa shape index (κ2) is 11.2. The normalized spacial score (nSPS) is 11.5. The Labute approximate surface area is 217 Å². The second-order valence-corrected chi connectivity index (χ2v) is 9.16. The van der Waals surface area contributed by atoms with Crippen LogP contribution in [0.2, 0.25) is 5.02 Å². The van der Waals surface area contributed by atoms with Gasteiger partial charge in [-0.1, -0.05) is 41.4 Å². The number of hydrogen-bond donors (Lipinski definition) is 2. The van der Waals surface area contributed by atoms with Crippen molar-refractivity contribution in [2.75, 3.05) is 11.9 Å². The minimum absolute atomic E-state index is 0.0443. The first-order chi connectivity index (χ1) is 17.4. The molecule has 2 aromatic carbocycles. The van der Waals surface area contributed by atoms with Crippen molar-refractivity contribution < 1.29 is 23.5 Å². The number of carbonyl (C=O) groups excluding carboxylic acids is 3. The molecule has 0 radical (unpaired) electrons. The van der Waals surface area contributed by atoms with Crippen LogP contribution in [-0.4, -0.2) is 30.4 Å². The Bertz CT molecular complexity index is 1360. The third kappa shape index (κ3) is 5.67. The van der Waals surface area contributed by atoms with Gasteiger partial charge in [0.2, 0.25) is 5.78 Å². The molecule has 0 aliphatic heterocycles. The SMILES string of the molecule is CCOC(=O)c1c(-c2ccc(C)cc2)csc1N[C@H](NC(=O)c1ccco1)C(=O)c1ccc(Cl)cc1. The highest BCUT2D eigenvalue weighted by Gasteiger charge is 2.28. The van der Waals surface area contributed by atoms with Crippen LogP contribution in [0.1, 0.15) is 43.8 Å². The van der Waals surface area contributed by atoms with Gasteiger partial charge in [-0.25, -0.2) is 4.79 Å². The zero-order valence-corrected chi connectivity index (χ0v) is 21.1. The van der Waals surface area contributed by atoms with E-state index in [4.69, 9.17) is 20.8 Å². The fourth-order valence-electron chi connectivity index (χ4n) is 3.50. The van der Waals surface area contributed by atoms with Crippen molar-refractivity contribution in [1.29, 1.82) is 0 Å². The number of aryl methyl sites for hydroxylation is 1. The summed E-state index contributed by atoms with van der Waals surface area (Å²) in [6, 6.07) is 17.1.